The molecule has 0 aliphatic carbocycles. The lowest BCUT2D eigenvalue weighted by Gasteiger charge is -2.26. The van der Waals surface area contributed by atoms with E-state index in [0.29, 0.717) is 39.0 Å². The zero-order valence-corrected chi connectivity index (χ0v) is 11.7. The zero-order valence-electron chi connectivity index (χ0n) is 9.88. The molecule has 11 heteroatoms. The van der Waals surface area contributed by atoms with Crippen LogP contribution in [-0.4, -0.2) is 52.2 Å². The molecular weight excluding hydrogens is 284 g/mol. The molecule has 0 aromatic heterocycles. The van der Waals surface area contributed by atoms with Crippen molar-refractivity contribution in [2.75, 3.05) is 26.2 Å². The molecule has 7 N–H and O–H groups in total. The van der Waals surface area contributed by atoms with Crippen LogP contribution in [0.2, 0.25) is 0 Å². The van der Waals surface area contributed by atoms with Crippen LogP contribution in [0.3, 0.4) is 0 Å². The van der Waals surface area contributed by atoms with E-state index in [1.165, 1.54) is 4.90 Å². The van der Waals surface area contributed by atoms with Gasteiger partial charge in [-0.15, -0.1) is 4.89 Å². The molecule has 0 bridgehead atoms. The van der Waals surface area contributed by atoms with Crippen LogP contribution in [0.1, 0.15) is 12.8 Å². The Balaban J connectivity index is 4.52. The summed E-state index contributed by atoms with van der Waals surface area (Å²) in [5.41, 5.74) is 10.7. The lowest BCUT2D eigenvalue weighted by molar-refractivity contribution is -0.121. The van der Waals surface area contributed by atoms with E-state index in [-0.39, 0.29) is 0 Å². The van der Waals surface area contributed by atoms with Gasteiger partial charge in [0.15, 0.2) is 0 Å². The van der Waals surface area contributed by atoms with E-state index in [1.54, 1.807) is 0 Å². The molecule has 108 valence electrons. The van der Waals surface area contributed by atoms with Crippen molar-refractivity contribution in [1.82, 2.24) is 4.90 Å². The maximum Gasteiger partial charge on any atom is 0.698 e. The first kappa shape index (κ1) is 18.2. The van der Waals surface area contributed by atoms with E-state index in [4.69, 9.17) is 26.1 Å². The standard InChI is InChI=1S/C7H19N3O6P2/c8-3-1-5-10(6-2-4-9)7(15-17(11)12)16-18(13)14/h7,11-12H,1-6,8-9H2/p+1. The van der Waals surface area contributed by atoms with Crippen LogP contribution in [0.25, 0.3) is 0 Å². The van der Waals surface area contributed by atoms with Gasteiger partial charge in [0.05, 0.1) is 0 Å². The molecule has 0 saturated heterocycles. The second-order valence-electron chi connectivity index (χ2n) is 3.33. The van der Waals surface area contributed by atoms with Gasteiger partial charge in [-0.05, 0) is 25.9 Å². The third kappa shape index (κ3) is 9.18. The van der Waals surface area contributed by atoms with E-state index in [9.17, 15) is 4.57 Å². The largest absolute Gasteiger partial charge is 0.698 e. The Morgan fingerprint density at radius 2 is 1.72 bits per heavy atom. The maximum absolute atomic E-state index is 10.7. The summed E-state index contributed by atoms with van der Waals surface area (Å²) in [5, 5.41) is 0. The monoisotopic (exact) mass is 304 g/mol. The first-order valence-corrected chi connectivity index (χ1v) is 7.62. The van der Waals surface area contributed by atoms with Crippen molar-refractivity contribution in [3.8, 4) is 0 Å². The van der Waals surface area contributed by atoms with Crippen molar-refractivity contribution in [3.05, 3.63) is 0 Å². The Labute approximate surface area is 108 Å². The minimum atomic E-state index is -2.92. The van der Waals surface area contributed by atoms with E-state index < -0.39 is 23.3 Å². The second kappa shape index (κ2) is 11.1. The molecule has 0 amide bonds. The van der Waals surface area contributed by atoms with E-state index in [1.807, 2.05) is 0 Å². The third-order valence-electron chi connectivity index (χ3n) is 1.96. The fourth-order valence-corrected chi connectivity index (χ4v) is 1.96. The summed E-state index contributed by atoms with van der Waals surface area (Å²) in [5.74, 6) is 0. The molecular formula is C7H20N3O6P2+. The molecule has 0 spiro atoms. The number of nitrogens with zero attached hydrogens (tertiary/aromatic N) is 1. The van der Waals surface area contributed by atoms with Crippen molar-refractivity contribution in [2.24, 2.45) is 11.5 Å². The van der Waals surface area contributed by atoms with Crippen molar-refractivity contribution in [2.45, 2.75) is 19.3 Å². The molecule has 0 fully saturated rings. The highest BCUT2D eigenvalue weighted by atomic mass is 31.2. The summed E-state index contributed by atoms with van der Waals surface area (Å²) < 4.78 is 19.9. The number of rotatable bonds is 11. The van der Waals surface area contributed by atoms with Crippen LogP contribution in [0.15, 0.2) is 0 Å². The third-order valence-corrected chi connectivity index (χ3v) is 2.69. The molecule has 0 heterocycles. The minimum Gasteiger partial charge on any atom is -0.330 e. The van der Waals surface area contributed by atoms with Crippen molar-refractivity contribution in [1.29, 1.82) is 0 Å². The van der Waals surface area contributed by atoms with Gasteiger partial charge in [0.25, 0.3) is 6.41 Å². The van der Waals surface area contributed by atoms with Crippen LogP contribution in [0, 0.1) is 0 Å². The van der Waals surface area contributed by atoms with Crippen LogP contribution >= 0.6 is 16.9 Å². The van der Waals surface area contributed by atoms with Gasteiger partial charge in [0.2, 0.25) is 0 Å². The predicted octanol–water partition coefficient (Wildman–Crippen LogP) is -0.836. The summed E-state index contributed by atoms with van der Waals surface area (Å²) in [7, 11) is -5.63. The minimum absolute atomic E-state index is 0.421. The maximum atomic E-state index is 10.7. The average Bonchev–Trinajstić information content (AvgIpc) is 2.27. The van der Waals surface area contributed by atoms with Gasteiger partial charge in [-0.25, -0.2) is 0 Å². The molecule has 9 nitrogen and oxygen atoms in total. The summed E-state index contributed by atoms with van der Waals surface area (Å²) in [6.45, 7) is 1.69. The van der Waals surface area contributed by atoms with Crippen LogP contribution < -0.4 is 11.5 Å². The normalized spacial score (nSPS) is 14.3. The fourth-order valence-electron chi connectivity index (χ4n) is 1.22. The Hall–Kier alpha value is 0.210. The summed E-state index contributed by atoms with van der Waals surface area (Å²) in [4.78, 5) is 27.8. The molecule has 0 radical (unpaired) electrons. The van der Waals surface area contributed by atoms with Gasteiger partial charge >= 0.3 is 16.9 Å². The van der Waals surface area contributed by atoms with E-state index >= 15 is 0 Å². The Morgan fingerprint density at radius 3 is 2.06 bits per heavy atom. The summed E-state index contributed by atoms with van der Waals surface area (Å²) >= 11 is 0. The SMILES string of the molecule is NCCCN(CCCN)C(OP(O)O)O[P+](=O)O. The number of hydrogen-bond acceptors (Lipinski definition) is 8. The van der Waals surface area contributed by atoms with Crippen molar-refractivity contribution >= 4 is 16.9 Å². The molecule has 0 saturated carbocycles. The molecule has 0 rings (SSSR count). The Kier molecular flexibility index (Phi) is 11.2. The van der Waals surface area contributed by atoms with E-state index in [0.717, 1.165) is 0 Å². The highest BCUT2D eigenvalue weighted by Gasteiger charge is 2.31. The van der Waals surface area contributed by atoms with Gasteiger partial charge in [-0.3, -0.25) is 9.42 Å². The van der Waals surface area contributed by atoms with Crippen molar-refractivity contribution < 1.29 is 28.3 Å². The average molecular weight is 304 g/mol. The Bertz CT molecular complexity index is 227. The molecule has 2 unspecified atom stereocenters. The highest BCUT2D eigenvalue weighted by molar-refractivity contribution is 7.39. The van der Waals surface area contributed by atoms with Gasteiger partial charge in [-0.2, -0.15) is 0 Å². The fraction of sp³-hybridized carbons (Fsp3) is 1.00. The van der Waals surface area contributed by atoms with Gasteiger partial charge in [-0.1, -0.05) is 4.52 Å². The number of nitrogens with two attached hydrogens (primary N) is 2. The van der Waals surface area contributed by atoms with Gasteiger partial charge in [0.1, 0.15) is 0 Å². The highest BCUT2D eigenvalue weighted by Crippen LogP contribution is 2.32. The molecule has 18 heavy (non-hydrogen) atoms. The van der Waals surface area contributed by atoms with E-state index in [2.05, 4.69) is 9.05 Å². The van der Waals surface area contributed by atoms with Crippen molar-refractivity contribution in [3.63, 3.8) is 0 Å². The topological polar surface area (TPSA) is 152 Å². The summed E-state index contributed by atoms with van der Waals surface area (Å²) in [6.07, 6.45) is -0.104. The van der Waals surface area contributed by atoms with Gasteiger partial charge < -0.3 is 21.3 Å². The zero-order chi connectivity index (χ0) is 14.0. The molecule has 2 atom stereocenters. The van der Waals surface area contributed by atoms with Crippen LogP contribution in [-0.2, 0) is 13.6 Å². The molecule has 0 aromatic rings. The lowest BCUT2D eigenvalue weighted by Crippen LogP contribution is -2.40. The first-order valence-electron chi connectivity index (χ1n) is 5.33. The smallest absolute Gasteiger partial charge is 0.330 e. The molecule has 0 aliphatic heterocycles. The second-order valence-corrected chi connectivity index (χ2v) is 4.73. The van der Waals surface area contributed by atoms with Crippen LogP contribution in [0.5, 0.6) is 0 Å². The Morgan fingerprint density at radius 1 is 1.22 bits per heavy atom. The quantitative estimate of drug-likeness (QED) is 0.243. The molecule has 0 aromatic carbocycles. The summed E-state index contributed by atoms with van der Waals surface area (Å²) in [6, 6.07) is 0. The van der Waals surface area contributed by atoms with Crippen LogP contribution in [0.4, 0.5) is 0 Å². The molecule has 0 aliphatic rings. The first-order chi connectivity index (χ1) is 8.51. The predicted molar refractivity (Wildman–Crippen MR) is 66.1 cm³/mol. The number of hydrogen-bond donors (Lipinski definition) is 5. The lowest BCUT2D eigenvalue weighted by atomic mass is 10.3. The van der Waals surface area contributed by atoms with Gasteiger partial charge in [0, 0.05) is 17.7 Å².